The number of carbonyl (C=O) groups is 2. The van der Waals surface area contributed by atoms with Crippen molar-refractivity contribution in [3.05, 3.63) is 47.7 Å². The molecule has 24 heavy (non-hydrogen) atoms. The summed E-state index contributed by atoms with van der Waals surface area (Å²) in [7, 11) is 1.51. The number of allylic oxidation sites excluding steroid dienone is 1. The lowest BCUT2D eigenvalue weighted by molar-refractivity contribution is -0.134. The molecule has 3 unspecified atom stereocenters. The molecule has 3 rings (SSSR count). The highest BCUT2D eigenvalue weighted by molar-refractivity contribution is 5.96. The molecule has 0 spiro atoms. The number of hydrogen-bond acceptors (Lipinski definition) is 3. The number of ketones is 1. The molecule has 0 radical (unpaired) electrons. The average Bonchev–Trinajstić information content (AvgIpc) is 3.11. The first-order valence-electron chi connectivity index (χ1n) is 8.74. The summed E-state index contributed by atoms with van der Waals surface area (Å²) in [5.41, 5.74) is 1.11. The van der Waals surface area contributed by atoms with Crippen LogP contribution in [0.2, 0.25) is 0 Å². The molecule has 4 nitrogen and oxygen atoms in total. The van der Waals surface area contributed by atoms with Crippen LogP contribution in [0.5, 0.6) is 0 Å². The maximum Gasteiger partial charge on any atom is 0.229 e. The number of Topliss-reactive ketones (excluding diaryl/α,β-unsaturated/α-hetero) is 1. The Morgan fingerprint density at radius 2 is 1.83 bits per heavy atom. The fourth-order valence-corrected chi connectivity index (χ4v) is 3.89. The zero-order chi connectivity index (χ0) is 17.1. The van der Waals surface area contributed by atoms with Gasteiger partial charge >= 0.3 is 0 Å². The molecule has 0 N–H and O–H groups in total. The van der Waals surface area contributed by atoms with Gasteiger partial charge in [-0.15, -0.1) is 0 Å². The number of benzene rings is 1. The Labute approximate surface area is 143 Å². The van der Waals surface area contributed by atoms with Crippen molar-refractivity contribution in [1.82, 2.24) is 4.90 Å². The fraction of sp³-hybridized carbons (Fsp3) is 0.500. The minimum absolute atomic E-state index is 0.0186. The first-order valence-corrected chi connectivity index (χ1v) is 8.74. The molecule has 0 aromatic heterocycles. The molecule has 1 aliphatic carbocycles. The van der Waals surface area contributed by atoms with Crippen molar-refractivity contribution >= 4 is 11.7 Å². The van der Waals surface area contributed by atoms with E-state index in [0.717, 1.165) is 31.5 Å². The van der Waals surface area contributed by atoms with Gasteiger partial charge < -0.3 is 9.64 Å². The first kappa shape index (κ1) is 16.7. The maximum atomic E-state index is 13.0. The second kappa shape index (κ2) is 7.20. The number of rotatable bonds is 3. The highest BCUT2D eigenvalue weighted by Crippen LogP contribution is 2.39. The summed E-state index contributed by atoms with van der Waals surface area (Å²) in [5, 5.41) is 0. The molecule has 1 amide bonds. The Balaban J connectivity index is 1.95. The Morgan fingerprint density at radius 3 is 2.46 bits per heavy atom. The molecule has 4 heteroatoms. The summed E-state index contributed by atoms with van der Waals surface area (Å²) >= 11 is 0. The van der Waals surface area contributed by atoms with Gasteiger partial charge in [-0.05, 0) is 36.3 Å². The lowest BCUT2D eigenvalue weighted by Crippen LogP contribution is -2.37. The van der Waals surface area contributed by atoms with Crippen LogP contribution in [0.3, 0.4) is 0 Å². The van der Waals surface area contributed by atoms with Crippen LogP contribution in [-0.4, -0.2) is 36.8 Å². The molecule has 1 aromatic carbocycles. The smallest absolute Gasteiger partial charge is 0.229 e. The van der Waals surface area contributed by atoms with E-state index in [1.165, 1.54) is 7.11 Å². The first-order chi connectivity index (χ1) is 11.6. The van der Waals surface area contributed by atoms with Gasteiger partial charge in [0.15, 0.2) is 11.5 Å². The van der Waals surface area contributed by atoms with Gasteiger partial charge in [-0.1, -0.05) is 37.3 Å². The van der Waals surface area contributed by atoms with E-state index in [1.807, 2.05) is 35.2 Å². The van der Waals surface area contributed by atoms with E-state index in [2.05, 4.69) is 6.92 Å². The van der Waals surface area contributed by atoms with Gasteiger partial charge in [-0.2, -0.15) is 0 Å². The minimum Gasteiger partial charge on any atom is -0.493 e. The molecular weight excluding hydrogens is 302 g/mol. The van der Waals surface area contributed by atoms with Gasteiger partial charge in [-0.25, -0.2) is 0 Å². The number of ether oxygens (including phenoxy) is 1. The summed E-state index contributed by atoms with van der Waals surface area (Å²) in [6.07, 6.45) is 4.27. The van der Waals surface area contributed by atoms with Crippen molar-refractivity contribution in [2.24, 2.45) is 11.8 Å². The summed E-state index contributed by atoms with van der Waals surface area (Å²) in [6, 6.07) is 10.0. The number of likely N-dealkylation sites (tertiary alicyclic amines) is 1. The second-order valence-corrected chi connectivity index (χ2v) is 6.80. The van der Waals surface area contributed by atoms with E-state index in [1.54, 1.807) is 6.08 Å². The van der Waals surface area contributed by atoms with Gasteiger partial charge in [0.1, 0.15) is 0 Å². The van der Waals surface area contributed by atoms with Crippen LogP contribution in [0.4, 0.5) is 0 Å². The molecule has 1 aliphatic heterocycles. The van der Waals surface area contributed by atoms with Crippen LogP contribution in [0, 0.1) is 11.8 Å². The third-order valence-electron chi connectivity index (χ3n) is 5.36. The molecule has 1 heterocycles. The van der Waals surface area contributed by atoms with E-state index < -0.39 is 0 Å². The number of hydrogen-bond donors (Lipinski definition) is 0. The van der Waals surface area contributed by atoms with Crippen molar-refractivity contribution < 1.29 is 14.3 Å². The Hall–Kier alpha value is -2.10. The molecule has 1 fully saturated rings. The Bertz CT molecular complexity index is 632. The molecule has 1 aromatic rings. The molecule has 1 saturated heterocycles. The molecular formula is C20H25NO3. The maximum absolute atomic E-state index is 13.0. The third kappa shape index (κ3) is 3.23. The summed E-state index contributed by atoms with van der Waals surface area (Å²) in [4.78, 5) is 27.5. The van der Waals surface area contributed by atoms with Gasteiger partial charge in [-0.3, -0.25) is 9.59 Å². The average molecular weight is 327 g/mol. The zero-order valence-electron chi connectivity index (χ0n) is 14.4. The van der Waals surface area contributed by atoms with E-state index in [9.17, 15) is 9.59 Å². The number of amides is 1. The van der Waals surface area contributed by atoms with Crippen LogP contribution in [0.15, 0.2) is 42.2 Å². The van der Waals surface area contributed by atoms with E-state index in [-0.39, 0.29) is 29.4 Å². The van der Waals surface area contributed by atoms with E-state index in [0.29, 0.717) is 12.2 Å². The van der Waals surface area contributed by atoms with Gasteiger partial charge in [0.25, 0.3) is 0 Å². The number of methoxy groups -OCH3 is 1. The van der Waals surface area contributed by atoms with Gasteiger partial charge in [0.2, 0.25) is 5.91 Å². The van der Waals surface area contributed by atoms with Gasteiger partial charge in [0.05, 0.1) is 13.0 Å². The standard InChI is InChI=1S/C20H25NO3/c1-14-16(15-8-4-3-5-9-15)12-18(22)19(24-2)13-17(14)20(23)21-10-6-7-11-21/h3-5,8-9,13-14,16-17H,6-7,10-12H2,1-2H3. The van der Waals surface area contributed by atoms with Crippen LogP contribution in [-0.2, 0) is 14.3 Å². The monoisotopic (exact) mass is 327 g/mol. The zero-order valence-corrected chi connectivity index (χ0v) is 14.4. The third-order valence-corrected chi connectivity index (χ3v) is 5.36. The van der Waals surface area contributed by atoms with Crippen molar-refractivity contribution in [2.75, 3.05) is 20.2 Å². The van der Waals surface area contributed by atoms with Crippen molar-refractivity contribution in [1.29, 1.82) is 0 Å². The second-order valence-electron chi connectivity index (χ2n) is 6.80. The normalized spacial score (nSPS) is 27.6. The highest BCUT2D eigenvalue weighted by Gasteiger charge is 2.38. The Morgan fingerprint density at radius 1 is 1.17 bits per heavy atom. The predicted molar refractivity (Wildman–Crippen MR) is 92.4 cm³/mol. The minimum atomic E-state index is -0.310. The lowest BCUT2D eigenvalue weighted by atomic mass is 9.77. The van der Waals surface area contributed by atoms with E-state index >= 15 is 0 Å². The van der Waals surface area contributed by atoms with Crippen molar-refractivity contribution in [3.8, 4) is 0 Å². The summed E-state index contributed by atoms with van der Waals surface area (Å²) < 4.78 is 5.30. The van der Waals surface area contributed by atoms with Crippen LogP contribution < -0.4 is 0 Å². The number of carbonyl (C=O) groups excluding carboxylic acids is 2. The number of nitrogens with zero attached hydrogens (tertiary/aromatic N) is 1. The van der Waals surface area contributed by atoms with Crippen LogP contribution >= 0.6 is 0 Å². The molecule has 0 bridgehead atoms. The Kier molecular flexibility index (Phi) is 5.03. The topological polar surface area (TPSA) is 46.6 Å². The highest BCUT2D eigenvalue weighted by atomic mass is 16.5. The van der Waals surface area contributed by atoms with Gasteiger partial charge in [0, 0.05) is 19.5 Å². The van der Waals surface area contributed by atoms with Crippen LogP contribution in [0.25, 0.3) is 0 Å². The lowest BCUT2D eigenvalue weighted by Gasteiger charge is -2.29. The molecule has 128 valence electrons. The summed E-state index contributed by atoms with van der Waals surface area (Å²) in [5.74, 6) is 0.212. The van der Waals surface area contributed by atoms with Crippen molar-refractivity contribution in [3.63, 3.8) is 0 Å². The quantitative estimate of drug-likeness (QED) is 0.857. The van der Waals surface area contributed by atoms with Crippen LogP contribution in [0.1, 0.15) is 37.7 Å². The SMILES string of the molecule is COC1=CC(C(=O)N2CCCC2)C(C)C(c2ccccc2)CC1=O. The van der Waals surface area contributed by atoms with E-state index in [4.69, 9.17) is 4.74 Å². The largest absolute Gasteiger partial charge is 0.493 e. The van der Waals surface area contributed by atoms with Crippen molar-refractivity contribution in [2.45, 2.75) is 32.1 Å². The predicted octanol–water partition coefficient (Wildman–Crippen LogP) is 3.15. The molecule has 3 atom stereocenters. The fourth-order valence-electron chi connectivity index (χ4n) is 3.89. The summed E-state index contributed by atoms with van der Waals surface area (Å²) in [6.45, 7) is 3.73. The molecule has 2 aliphatic rings. The molecule has 0 saturated carbocycles.